The lowest BCUT2D eigenvalue weighted by atomic mass is 10.1. The molecule has 0 aromatic rings. The minimum atomic E-state index is -2.28. The lowest BCUT2D eigenvalue weighted by Gasteiger charge is -2.45. The van der Waals surface area contributed by atoms with Gasteiger partial charge in [0.15, 0.2) is 0 Å². The third kappa shape index (κ3) is 11.1. The van der Waals surface area contributed by atoms with Crippen LogP contribution in [-0.4, -0.2) is 108 Å². The molecule has 0 saturated heterocycles. The van der Waals surface area contributed by atoms with E-state index in [4.69, 9.17) is 62.6 Å². The summed E-state index contributed by atoms with van der Waals surface area (Å²) in [6.45, 7) is 17.8. The van der Waals surface area contributed by atoms with E-state index in [1.165, 1.54) is 0 Å². The zero-order valence-corrected chi connectivity index (χ0v) is 28.4. The Bertz CT molecular complexity index is 737. The molecule has 0 aliphatic carbocycles. The molecule has 0 amide bonds. The Hall–Kier alpha value is -1.50. The third-order valence-corrected chi connectivity index (χ3v) is 5.54. The third-order valence-electron chi connectivity index (χ3n) is 5.54. The molecule has 44 heavy (non-hydrogen) atoms. The highest BCUT2D eigenvalue weighted by Crippen LogP contribution is 2.38. The van der Waals surface area contributed by atoms with Crippen LogP contribution in [0.3, 0.4) is 0 Å². The van der Waals surface area contributed by atoms with Crippen LogP contribution in [0.4, 0.5) is 0 Å². The van der Waals surface area contributed by atoms with Crippen molar-refractivity contribution in [1.29, 1.82) is 0 Å². The summed E-state index contributed by atoms with van der Waals surface area (Å²) in [6.07, 6.45) is -0.571. The van der Waals surface area contributed by atoms with Crippen LogP contribution in [0.25, 0.3) is 0 Å². The quantitative estimate of drug-likeness (QED) is 0.0973. The molecule has 0 fully saturated rings. The topological polar surface area (TPSA) is 171 Å². The molecule has 0 bridgehead atoms. The average molecular weight is 644 g/mol. The zero-order valence-electron chi connectivity index (χ0n) is 28.4. The second-order valence-corrected chi connectivity index (χ2v) is 8.60. The average Bonchev–Trinajstić information content (AvgIpc) is 2.97. The molecule has 0 aliphatic heterocycles. The first-order valence-corrected chi connectivity index (χ1v) is 15.6. The monoisotopic (exact) mass is 643 g/mol. The van der Waals surface area contributed by atoms with Crippen molar-refractivity contribution in [2.24, 2.45) is 5.73 Å². The number of hydrogen-bond donors (Lipinski definition) is 1. The molecule has 0 aliphatic rings. The summed E-state index contributed by atoms with van der Waals surface area (Å²) >= 11 is 0. The highest BCUT2D eigenvalue weighted by molar-refractivity contribution is 5.77. The minimum Gasteiger partial charge on any atom is -0.401 e. The minimum absolute atomic E-state index is 0.0298. The summed E-state index contributed by atoms with van der Waals surface area (Å²) in [4.78, 5) is 26.6. The second-order valence-electron chi connectivity index (χ2n) is 8.60. The maximum atomic E-state index is 13.3. The number of ether oxygens (including phenoxy) is 12. The van der Waals surface area contributed by atoms with Crippen LogP contribution in [0.2, 0.25) is 0 Å². The van der Waals surface area contributed by atoms with E-state index >= 15 is 0 Å². The number of nitrogens with two attached hydrogens (primary N) is 1. The Kier molecular flexibility index (Phi) is 21.3. The summed E-state index contributed by atoms with van der Waals surface area (Å²) in [5.74, 6) is -10.4. The van der Waals surface area contributed by atoms with Gasteiger partial charge in [0.2, 0.25) is 0 Å². The first-order chi connectivity index (χ1) is 21.0. The molecule has 0 aromatic heterocycles. The zero-order chi connectivity index (χ0) is 33.7. The molecule has 0 radical (unpaired) electrons. The van der Waals surface area contributed by atoms with Gasteiger partial charge in [-0.25, -0.2) is 0 Å². The number of hydrogen-bond acceptors (Lipinski definition) is 15. The van der Waals surface area contributed by atoms with Crippen molar-refractivity contribution >= 4 is 11.9 Å². The summed E-state index contributed by atoms with van der Waals surface area (Å²) < 4.78 is 69.5. The van der Waals surface area contributed by atoms with E-state index in [9.17, 15) is 9.59 Å². The fraction of sp³-hybridized carbons (Fsp3) is 0.931. The van der Waals surface area contributed by atoms with E-state index in [0.717, 1.165) is 0 Å². The van der Waals surface area contributed by atoms with Crippen molar-refractivity contribution in [3.05, 3.63) is 0 Å². The predicted molar refractivity (Wildman–Crippen MR) is 157 cm³/mol. The normalized spacial score (nSPS) is 13.6. The number of rotatable bonds is 28. The molecule has 15 nitrogen and oxygen atoms in total. The number of carbonyl (C=O) groups excluding carboxylic acids is 2. The predicted octanol–water partition coefficient (Wildman–Crippen LogP) is 3.16. The summed E-state index contributed by atoms with van der Waals surface area (Å²) in [5.41, 5.74) is 6.19. The van der Waals surface area contributed by atoms with Crippen molar-refractivity contribution in [2.75, 3.05) is 66.1 Å². The highest BCUT2D eigenvalue weighted by Gasteiger charge is 2.64. The summed E-state index contributed by atoms with van der Waals surface area (Å²) in [7, 11) is 0. The standard InChI is InChI=1S/C29H57NO14/c1-11-33-26(34-12-2,35-13-3)28(39-17-7,40-18-8)43-24(31)22-21-23(30)25(32)44-29(41-19-9,42-20-10)27(36-14-4,37-15-5)38-16-6/h23H,11-22,30H2,1-10H3. The van der Waals surface area contributed by atoms with E-state index in [0.29, 0.717) is 0 Å². The second kappa shape index (κ2) is 22.1. The van der Waals surface area contributed by atoms with Gasteiger partial charge < -0.3 is 62.6 Å². The fourth-order valence-electron chi connectivity index (χ4n) is 4.16. The van der Waals surface area contributed by atoms with Gasteiger partial charge in [-0.2, -0.15) is 0 Å². The molecule has 0 aromatic carbocycles. The first kappa shape index (κ1) is 42.5. The van der Waals surface area contributed by atoms with Gasteiger partial charge in [0.05, 0.1) is 26.4 Å². The lowest BCUT2D eigenvalue weighted by molar-refractivity contribution is -0.549. The van der Waals surface area contributed by atoms with Crippen LogP contribution in [0, 0.1) is 0 Å². The fourth-order valence-corrected chi connectivity index (χ4v) is 4.16. The summed E-state index contributed by atoms with van der Waals surface area (Å²) in [5, 5.41) is 0. The van der Waals surface area contributed by atoms with Crippen molar-refractivity contribution in [3.63, 3.8) is 0 Å². The summed E-state index contributed by atoms with van der Waals surface area (Å²) in [6, 6.07) is -1.34. The highest BCUT2D eigenvalue weighted by atomic mass is 17.0. The Morgan fingerprint density at radius 1 is 0.455 bits per heavy atom. The molecule has 15 heteroatoms. The van der Waals surface area contributed by atoms with Crippen LogP contribution in [0.1, 0.15) is 82.1 Å². The molecule has 262 valence electrons. The molecule has 0 rings (SSSR count). The Morgan fingerprint density at radius 3 is 0.977 bits per heavy atom. The largest absolute Gasteiger partial charge is 0.416 e. The molecular formula is C29H57NO14. The van der Waals surface area contributed by atoms with E-state index in [-0.39, 0.29) is 78.9 Å². The van der Waals surface area contributed by atoms with Crippen LogP contribution >= 0.6 is 0 Å². The molecule has 2 N–H and O–H groups in total. The van der Waals surface area contributed by atoms with Crippen molar-refractivity contribution in [2.45, 2.75) is 112 Å². The van der Waals surface area contributed by atoms with Gasteiger partial charge in [0.25, 0.3) is 0 Å². The van der Waals surface area contributed by atoms with Gasteiger partial charge in [-0.3, -0.25) is 9.59 Å². The lowest BCUT2D eigenvalue weighted by Crippen LogP contribution is -2.65. The van der Waals surface area contributed by atoms with Gasteiger partial charge in [0.1, 0.15) is 6.04 Å². The van der Waals surface area contributed by atoms with E-state index in [1.807, 2.05) is 0 Å². The SMILES string of the molecule is CCOC(OCC)(OCC)C(OCC)(OCC)OC(=O)CCC(N)C(=O)OC(OCC)(OCC)C(OCC)(OCC)OCC. The number of esters is 2. The Morgan fingerprint density at radius 2 is 0.705 bits per heavy atom. The number of carbonyl (C=O) groups is 2. The van der Waals surface area contributed by atoms with Gasteiger partial charge in [-0.05, 0) is 75.7 Å². The molecule has 1 unspecified atom stereocenters. The van der Waals surface area contributed by atoms with Crippen molar-refractivity contribution in [1.82, 2.24) is 0 Å². The Labute approximate surface area is 262 Å². The van der Waals surface area contributed by atoms with Gasteiger partial charge in [-0.15, -0.1) is 0 Å². The van der Waals surface area contributed by atoms with E-state index in [1.54, 1.807) is 69.2 Å². The van der Waals surface area contributed by atoms with Gasteiger partial charge in [-0.1, -0.05) is 0 Å². The van der Waals surface area contributed by atoms with E-state index < -0.39 is 41.9 Å². The molecule has 1 atom stereocenters. The maximum Gasteiger partial charge on any atom is 0.416 e. The Balaban J connectivity index is 6.20. The van der Waals surface area contributed by atoms with Gasteiger partial charge >= 0.3 is 35.8 Å². The molecular weight excluding hydrogens is 586 g/mol. The van der Waals surface area contributed by atoms with Crippen molar-refractivity contribution < 1.29 is 66.4 Å². The van der Waals surface area contributed by atoms with Crippen molar-refractivity contribution in [3.8, 4) is 0 Å². The van der Waals surface area contributed by atoms with Crippen LogP contribution in [0.15, 0.2) is 0 Å². The van der Waals surface area contributed by atoms with Crippen LogP contribution in [-0.2, 0) is 66.4 Å². The van der Waals surface area contributed by atoms with Crippen LogP contribution in [0.5, 0.6) is 0 Å². The first-order valence-electron chi connectivity index (χ1n) is 15.6. The molecule has 0 saturated carbocycles. The van der Waals surface area contributed by atoms with Crippen LogP contribution < -0.4 is 5.73 Å². The maximum absolute atomic E-state index is 13.3. The molecule has 0 spiro atoms. The van der Waals surface area contributed by atoms with Gasteiger partial charge in [0, 0.05) is 46.1 Å². The molecule has 0 heterocycles. The smallest absolute Gasteiger partial charge is 0.401 e. The van der Waals surface area contributed by atoms with E-state index in [2.05, 4.69) is 0 Å².